The molecule has 2 N–H and O–H groups in total. The van der Waals surface area contributed by atoms with E-state index in [1.165, 1.54) is 5.56 Å². The first-order chi connectivity index (χ1) is 12.2. The molecule has 26 heavy (non-hydrogen) atoms. The molecule has 0 spiro atoms. The topological polar surface area (TPSA) is 67.4 Å². The number of carbonyl (C=O) groups is 2. The molecule has 1 aromatic rings. The molecular weight excluding hydrogens is 328 g/mol. The van der Waals surface area contributed by atoms with Crippen molar-refractivity contribution in [2.75, 3.05) is 13.2 Å². The number of nitrogens with one attached hydrogen (secondary N) is 2. The van der Waals surface area contributed by atoms with Gasteiger partial charge < -0.3 is 15.4 Å². The van der Waals surface area contributed by atoms with E-state index in [1.54, 1.807) is 0 Å². The van der Waals surface area contributed by atoms with Gasteiger partial charge in [-0.1, -0.05) is 46.8 Å². The Labute approximate surface area is 156 Å². The molecule has 0 aliphatic carbocycles. The van der Waals surface area contributed by atoms with Gasteiger partial charge in [-0.25, -0.2) is 0 Å². The third-order valence-electron chi connectivity index (χ3n) is 4.78. The third kappa shape index (κ3) is 5.56. The maximum Gasteiger partial charge on any atom is 0.251 e. The van der Waals surface area contributed by atoms with Gasteiger partial charge in [-0.05, 0) is 41.9 Å². The summed E-state index contributed by atoms with van der Waals surface area (Å²) in [7, 11) is 0. The van der Waals surface area contributed by atoms with E-state index in [2.05, 4.69) is 31.4 Å². The van der Waals surface area contributed by atoms with Crippen LogP contribution in [0.2, 0.25) is 0 Å². The van der Waals surface area contributed by atoms with Crippen molar-refractivity contribution in [3.05, 3.63) is 35.4 Å². The fourth-order valence-corrected chi connectivity index (χ4v) is 3.01. The van der Waals surface area contributed by atoms with Crippen LogP contribution >= 0.6 is 0 Å². The summed E-state index contributed by atoms with van der Waals surface area (Å²) in [6.07, 6.45) is 2.10. The zero-order valence-corrected chi connectivity index (χ0v) is 16.6. The van der Waals surface area contributed by atoms with Crippen LogP contribution in [0.15, 0.2) is 24.3 Å². The predicted octanol–water partition coefficient (Wildman–Crippen LogP) is 3.03. The van der Waals surface area contributed by atoms with Crippen molar-refractivity contribution in [2.45, 2.75) is 65.0 Å². The van der Waals surface area contributed by atoms with Gasteiger partial charge in [-0.2, -0.15) is 0 Å². The lowest BCUT2D eigenvalue weighted by Gasteiger charge is -2.23. The van der Waals surface area contributed by atoms with E-state index >= 15 is 0 Å². The van der Waals surface area contributed by atoms with E-state index < -0.39 is 6.04 Å². The Morgan fingerprint density at radius 1 is 1.19 bits per heavy atom. The van der Waals surface area contributed by atoms with E-state index in [0.29, 0.717) is 12.1 Å². The van der Waals surface area contributed by atoms with Crippen LogP contribution in [0.25, 0.3) is 0 Å². The van der Waals surface area contributed by atoms with Gasteiger partial charge in [0.25, 0.3) is 5.91 Å². The SMILES string of the molecule is CC(C)C(NC(=O)c1ccc(C(C)(C)C)cc1)C(=O)NCC1CCCO1. The Morgan fingerprint density at radius 3 is 2.35 bits per heavy atom. The molecule has 0 bridgehead atoms. The number of rotatable bonds is 6. The fraction of sp³-hybridized carbons (Fsp3) is 0.619. The van der Waals surface area contributed by atoms with Crippen LogP contribution < -0.4 is 10.6 Å². The molecule has 5 heteroatoms. The van der Waals surface area contributed by atoms with Gasteiger partial charge in [-0.15, -0.1) is 0 Å². The highest BCUT2D eigenvalue weighted by atomic mass is 16.5. The summed E-state index contributed by atoms with van der Waals surface area (Å²) >= 11 is 0. The number of amides is 2. The zero-order valence-electron chi connectivity index (χ0n) is 16.6. The van der Waals surface area contributed by atoms with Gasteiger partial charge in [-0.3, -0.25) is 9.59 Å². The van der Waals surface area contributed by atoms with E-state index in [1.807, 2.05) is 38.1 Å². The van der Waals surface area contributed by atoms with Crippen LogP contribution in [-0.2, 0) is 14.9 Å². The second-order valence-corrected chi connectivity index (χ2v) is 8.40. The Balaban J connectivity index is 1.97. The molecule has 2 amide bonds. The molecule has 0 saturated carbocycles. The zero-order chi connectivity index (χ0) is 19.3. The molecule has 2 atom stereocenters. The molecule has 144 valence electrons. The molecule has 1 fully saturated rings. The van der Waals surface area contributed by atoms with Crippen LogP contribution in [0, 0.1) is 5.92 Å². The maximum atomic E-state index is 12.6. The number of benzene rings is 1. The molecule has 1 aromatic carbocycles. The Morgan fingerprint density at radius 2 is 1.85 bits per heavy atom. The van der Waals surface area contributed by atoms with E-state index in [4.69, 9.17) is 4.74 Å². The smallest absolute Gasteiger partial charge is 0.251 e. The first kappa shape index (κ1) is 20.4. The van der Waals surface area contributed by atoms with Crippen molar-refractivity contribution in [1.29, 1.82) is 0 Å². The quantitative estimate of drug-likeness (QED) is 0.819. The van der Waals surface area contributed by atoms with Gasteiger partial charge in [0, 0.05) is 18.7 Å². The van der Waals surface area contributed by atoms with Gasteiger partial charge in [0.05, 0.1) is 6.10 Å². The van der Waals surface area contributed by atoms with Crippen molar-refractivity contribution in [3.63, 3.8) is 0 Å². The van der Waals surface area contributed by atoms with E-state index in [9.17, 15) is 9.59 Å². The lowest BCUT2D eigenvalue weighted by Crippen LogP contribution is -2.50. The van der Waals surface area contributed by atoms with Crippen molar-refractivity contribution in [2.24, 2.45) is 5.92 Å². The Bertz CT molecular complexity index is 611. The Kier molecular flexibility index (Phi) is 6.81. The molecule has 2 rings (SSSR count). The minimum Gasteiger partial charge on any atom is -0.376 e. The van der Waals surface area contributed by atoms with Gasteiger partial charge in [0.1, 0.15) is 6.04 Å². The van der Waals surface area contributed by atoms with Crippen LogP contribution in [-0.4, -0.2) is 37.1 Å². The van der Waals surface area contributed by atoms with Crippen LogP contribution in [0.3, 0.4) is 0 Å². The number of hydrogen-bond donors (Lipinski definition) is 2. The van der Waals surface area contributed by atoms with Crippen molar-refractivity contribution < 1.29 is 14.3 Å². The molecule has 5 nitrogen and oxygen atoms in total. The van der Waals surface area contributed by atoms with Gasteiger partial charge in [0.2, 0.25) is 5.91 Å². The number of hydrogen-bond acceptors (Lipinski definition) is 3. The van der Waals surface area contributed by atoms with Crippen molar-refractivity contribution in [3.8, 4) is 0 Å². The second kappa shape index (κ2) is 8.67. The molecular formula is C21H32N2O3. The number of carbonyl (C=O) groups excluding carboxylic acids is 2. The molecule has 1 aliphatic heterocycles. The summed E-state index contributed by atoms with van der Waals surface area (Å²) < 4.78 is 5.53. The van der Waals surface area contributed by atoms with Crippen LogP contribution in [0.1, 0.15) is 63.4 Å². The predicted molar refractivity (Wildman–Crippen MR) is 103 cm³/mol. The highest BCUT2D eigenvalue weighted by Crippen LogP contribution is 2.22. The third-order valence-corrected chi connectivity index (χ3v) is 4.78. The van der Waals surface area contributed by atoms with Crippen LogP contribution in [0.5, 0.6) is 0 Å². The van der Waals surface area contributed by atoms with Gasteiger partial charge in [0.15, 0.2) is 0 Å². The maximum absolute atomic E-state index is 12.6. The number of ether oxygens (including phenoxy) is 1. The minimum absolute atomic E-state index is 0.00250. The molecule has 2 unspecified atom stereocenters. The first-order valence-electron chi connectivity index (χ1n) is 9.49. The van der Waals surface area contributed by atoms with Crippen LogP contribution in [0.4, 0.5) is 0 Å². The molecule has 1 heterocycles. The molecule has 0 aromatic heterocycles. The summed E-state index contributed by atoms with van der Waals surface area (Å²) in [5, 5.41) is 5.79. The summed E-state index contributed by atoms with van der Waals surface area (Å²) in [6.45, 7) is 11.5. The second-order valence-electron chi connectivity index (χ2n) is 8.40. The summed E-state index contributed by atoms with van der Waals surface area (Å²) in [5.74, 6) is -0.385. The Hall–Kier alpha value is -1.88. The average molecular weight is 360 g/mol. The lowest BCUT2D eigenvalue weighted by atomic mass is 9.86. The standard InChI is InChI=1S/C21H32N2O3/c1-14(2)18(20(25)22-13-17-7-6-12-26-17)23-19(24)15-8-10-16(11-9-15)21(3,4)5/h8-11,14,17-18H,6-7,12-13H2,1-5H3,(H,22,25)(H,23,24). The highest BCUT2D eigenvalue weighted by molar-refractivity contribution is 5.97. The lowest BCUT2D eigenvalue weighted by molar-refractivity contribution is -0.124. The van der Waals surface area contributed by atoms with Crippen molar-refractivity contribution in [1.82, 2.24) is 10.6 Å². The fourth-order valence-electron chi connectivity index (χ4n) is 3.01. The van der Waals surface area contributed by atoms with Crippen molar-refractivity contribution >= 4 is 11.8 Å². The van der Waals surface area contributed by atoms with E-state index in [0.717, 1.165) is 19.4 Å². The van der Waals surface area contributed by atoms with Gasteiger partial charge >= 0.3 is 0 Å². The summed E-state index contributed by atoms with van der Waals surface area (Å²) in [4.78, 5) is 25.1. The average Bonchev–Trinajstić information content (AvgIpc) is 3.10. The first-order valence-corrected chi connectivity index (χ1v) is 9.49. The molecule has 1 saturated heterocycles. The minimum atomic E-state index is -0.564. The summed E-state index contributed by atoms with van der Waals surface area (Å²) in [5.41, 5.74) is 1.77. The highest BCUT2D eigenvalue weighted by Gasteiger charge is 2.26. The molecule has 1 aliphatic rings. The normalized spacial score (nSPS) is 18.6. The largest absolute Gasteiger partial charge is 0.376 e. The van der Waals surface area contributed by atoms with E-state index in [-0.39, 0.29) is 29.3 Å². The summed E-state index contributed by atoms with van der Waals surface area (Å²) in [6, 6.07) is 7.01. The monoisotopic (exact) mass is 360 g/mol. The molecule has 0 radical (unpaired) electrons.